The van der Waals surface area contributed by atoms with Gasteiger partial charge >= 0.3 is 0 Å². The molecular weight excluding hydrogens is 190 g/mol. The first-order chi connectivity index (χ1) is 7.33. The molecule has 0 aliphatic heterocycles. The zero-order valence-corrected chi connectivity index (χ0v) is 9.62. The molecule has 3 nitrogen and oxygen atoms in total. The van der Waals surface area contributed by atoms with E-state index in [-0.39, 0.29) is 12.5 Å². The summed E-state index contributed by atoms with van der Waals surface area (Å²) in [7, 11) is 1.59. The van der Waals surface area contributed by atoms with Crippen LogP contribution in [0.1, 0.15) is 19.4 Å². The van der Waals surface area contributed by atoms with Gasteiger partial charge in [-0.05, 0) is 5.56 Å². The maximum absolute atomic E-state index is 10.8. The average Bonchev–Trinajstić information content (AvgIpc) is 2.33. The van der Waals surface area contributed by atoms with Crippen LogP contribution in [0.15, 0.2) is 30.3 Å². The Morgan fingerprint density at radius 1 is 1.27 bits per heavy atom. The standard InChI is InChI=1S/C10H13NO2.C2H6/c1-11-10(12)8-13-7-9-5-3-2-4-6-9;1-2/h2-6H,7-8H2,1H3,(H,11,12);1-2H3. The van der Waals surface area contributed by atoms with Crippen molar-refractivity contribution in [3.63, 3.8) is 0 Å². The van der Waals surface area contributed by atoms with Crippen molar-refractivity contribution in [1.29, 1.82) is 0 Å². The minimum absolute atomic E-state index is 0.101. The molecule has 0 bridgehead atoms. The van der Waals surface area contributed by atoms with Gasteiger partial charge in [0.15, 0.2) is 0 Å². The number of likely N-dealkylation sites (N-methyl/N-ethyl adjacent to an activating group) is 1. The fraction of sp³-hybridized carbons (Fsp3) is 0.417. The third-order valence-corrected chi connectivity index (χ3v) is 1.62. The maximum atomic E-state index is 10.8. The van der Waals surface area contributed by atoms with Gasteiger partial charge in [0.25, 0.3) is 0 Å². The summed E-state index contributed by atoms with van der Waals surface area (Å²) in [5, 5.41) is 2.49. The van der Waals surface area contributed by atoms with Crippen LogP contribution >= 0.6 is 0 Å². The average molecular weight is 209 g/mol. The predicted octanol–water partition coefficient (Wildman–Crippen LogP) is 1.98. The van der Waals surface area contributed by atoms with Crippen molar-refractivity contribution in [3.8, 4) is 0 Å². The van der Waals surface area contributed by atoms with Crippen LogP contribution in [-0.2, 0) is 16.1 Å². The molecule has 0 saturated heterocycles. The number of ether oxygens (including phenoxy) is 1. The minimum Gasteiger partial charge on any atom is -0.367 e. The Balaban J connectivity index is 0.000000921. The number of benzene rings is 1. The van der Waals surface area contributed by atoms with E-state index in [0.717, 1.165) is 5.56 Å². The summed E-state index contributed by atoms with van der Waals surface area (Å²) in [6.45, 7) is 4.60. The molecule has 0 aromatic heterocycles. The van der Waals surface area contributed by atoms with Gasteiger partial charge in [0, 0.05) is 7.05 Å². The highest BCUT2D eigenvalue weighted by Gasteiger charge is 1.97. The van der Waals surface area contributed by atoms with Gasteiger partial charge in [0.05, 0.1) is 6.61 Å². The molecule has 1 N–H and O–H groups in total. The van der Waals surface area contributed by atoms with Gasteiger partial charge in [0.2, 0.25) is 5.91 Å². The topological polar surface area (TPSA) is 38.3 Å². The molecule has 0 unspecified atom stereocenters. The first-order valence-electron chi connectivity index (χ1n) is 5.15. The highest BCUT2D eigenvalue weighted by molar-refractivity contribution is 5.76. The Bertz CT molecular complexity index is 260. The Kier molecular flexibility index (Phi) is 8.39. The smallest absolute Gasteiger partial charge is 0.245 e. The summed E-state index contributed by atoms with van der Waals surface area (Å²) in [6.07, 6.45) is 0. The van der Waals surface area contributed by atoms with E-state index in [2.05, 4.69) is 5.32 Å². The first kappa shape index (κ1) is 13.7. The molecule has 0 heterocycles. The van der Waals surface area contributed by atoms with E-state index >= 15 is 0 Å². The van der Waals surface area contributed by atoms with Gasteiger partial charge < -0.3 is 10.1 Å². The zero-order chi connectivity index (χ0) is 11.5. The van der Waals surface area contributed by atoms with Crippen LogP contribution in [0, 0.1) is 0 Å². The Hall–Kier alpha value is -1.35. The molecule has 1 rings (SSSR count). The van der Waals surface area contributed by atoms with Crippen LogP contribution < -0.4 is 5.32 Å². The van der Waals surface area contributed by atoms with E-state index in [1.54, 1.807) is 7.05 Å². The number of carbonyl (C=O) groups excluding carboxylic acids is 1. The molecule has 1 aromatic rings. The lowest BCUT2D eigenvalue weighted by molar-refractivity contribution is -0.125. The van der Waals surface area contributed by atoms with E-state index in [0.29, 0.717) is 6.61 Å². The number of carbonyl (C=O) groups is 1. The molecule has 0 radical (unpaired) electrons. The second-order valence-corrected chi connectivity index (χ2v) is 2.65. The largest absolute Gasteiger partial charge is 0.367 e. The van der Waals surface area contributed by atoms with Gasteiger partial charge in [-0.2, -0.15) is 0 Å². The predicted molar refractivity (Wildman–Crippen MR) is 61.5 cm³/mol. The molecule has 0 atom stereocenters. The normalized spacial score (nSPS) is 8.73. The van der Waals surface area contributed by atoms with Crippen LogP contribution in [0.5, 0.6) is 0 Å². The van der Waals surface area contributed by atoms with Crippen molar-refractivity contribution in [2.45, 2.75) is 20.5 Å². The number of rotatable bonds is 4. The summed E-state index contributed by atoms with van der Waals surface area (Å²) in [5.41, 5.74) is 1.08. The molecule has 15 heavy (non-hydrogen) atoms. The van der Waals surface area contributed by atoms with Crippen LogP contribution in [0.3, 0.4) is 0 Å². The molecule has 0 aliphatic carbocycles. The van der Waals surface area contributed by atoms with E-state index in [1.807, 2.05) is 44.2 Å². The molecular formula is C12H19NO2. The van der Waals surface area contributed by atoms with Crippen molar-refractivity contribution in [2.75, 3.05) is 13.7 Å². The number of nitrogens with one attached hydrogen (secondary N) is 1. The van der Waals surface area contributed by atoms with E-state index in [1.165, 1.54) is 0 Å². The third-order valence-electron chi connectivity index (χ3n) is 1.62. The molecule has 0 saturated carbocycles. The Morgan fingerprint density at radius 2 is 1.87 bits per heavy atom. The summed E-state index contributed by atoms with van der Waals surface area (Å²) < 4.78 is 5.16. The van der Waals surface area contributed by atoms with Crippen LogP contribution in [0.25, 0.3) is 0 Å². The number of hydrogen-bond donors (Lipinski definition) is 1. The Morgan fingerprint density at radius 3 is 2.40 bits per heavy atom. The van der Waals surface area contributed by atoms with Crippen molar-refractivity contribution in [3.05, 3.63) is 35.9 Å². The van der Waals surface area contributed by atoms with E-state index in [9.17, 15) is 4.79 Å². The van der Waals surface area contributed by atoms with Gasteiger partial charge in [-0.25, -0.2) is 0 Å². The second kappa shape index (κ2) is 9.21. The fourth-order valence-corrected chi connectivity index (χ4v) is 0.908. The molecule has 1 amide bonds. The van der Waals surface area contributed by atoms with Crippen LogP contribution in [-0.4, -0.2) is 19.6 Å². The van der Waals surface area contributed by atoms with Crippen molar-refractivity contribution < 1.29 is 9.53 Å². The molecule has 84 valence electrons. The number of amides is 1. The highest BCUT2D eigenvalue weighted by atomic mass is 16.5. The molecule has 1 aromatic carbocycles. The summed E-state index contributed by atoms with van der Waals surface area (Å²) in [6, 6.07) is 9.76. The molecule has 0 spiro atoms. The third kappa shape index (κ3) is 6.69. The van der Waals surface area contributed by atoms with Crippen LogP contribution in [0.2, 0.25) is 0 Å². The van der Waals surface area contributed by atoms with Gasteiger partial charge in [-0.1, -0.05) is 44.2 Å². The Labute approximate surface area is 91.5 Å². The van der Waals surface area contributed by atoms with Crippen LogP contribution in [0.4, 0.5) is 0 Å². The first-order valence-corrected chi connectivity index (χ1v) is 5.15. The minimum atomic E-state index is -0.101. The van der Waals surface area contributed by atoms with Gasteiger partial charge in [-0.3, -0.25) is 4.79 Å². The lowest BCUT2D eigenvalue weighted by Gasteiger charge is -2.02. The lowest BCUT2D eigenvalue weighted by atomic mass is 10.2. The van der Waals surface area contributed by atoms with Crippen molar-refractivity contribution in [2.24, 2.45) is 0 Å². The summed E-state index contributed by atoms with van der Waals surface area (Å²) >= 11 is 0. The molecule has 0 fully saturated rings. The summed E-state index contributed by atoms with van der Waals surface area (Å²) in [4.78, 5) is 10.8. The fourth-order valence-electron chi connectivity index (χ4n) is 0.908. The number of hydrogen-bond acceptors (Lipinski definition) is 2. The summed E-state index contributed by atoms with van der Waals surface area (Å²) in [5.74, 6) is -0.101. The lowest BCUT2D eigenvalue weighted by Crippen LogP contribution is -2.23. The van der Waals surface area contributed by atoms with Crippen molar-refractivity contribution >= 4 is 5.91 Å². The van der Waals surface area contributed by atoms with Crippen molar-refractivity contribution in [1.82, 2.24) is 5.32 Å². The quantitative estimate of drug-likeness (QED) is 0.823. The molecule has 3 heteroatoms. The van der Waals surface area contributed by atoms with E-state index < -0.39 is 0 Å². The SMILES string of the molecule is CC.CNC(=O)COCc1ccccc1. The highest BCUT2D eigenvalue weighted by Crippen LogP contribution is 1.99. The maximum Gasteiger partial charge on any atom is 0.245 e. The van der Waals surface area contributed by atoms with Gasteiger partial charge in [0.1, 0.15) is 6.61 Å². The monoisotopic (exact) mass is 209 g/mol. The van der Waals surface area contributed by atoms with E-state index in [4.69, 9.17) is 4.74 Å². The molecule has 0 aliphatic rings. The second-order valence-electron chi connectivity index (χ2n) is 2.65. The zero-order valence-electron chi connectivity index (χ0n) is 9.62. The van der Waals surface area contributed by atoms with Gasteiger partial charge in [-0.15, -0.1) is 0 Å².